The lowest BCUT2D eigenvalue weighted by Gasteiger charge is -2.37. The molecule has 6 atom stereocenters. The van der Waals surface area contributed by atoms with Crippen LogP contribution in [0.4, 0.5) is 0 Å². The van der Waals surface area contributed by atoms with Gasteiger partial charge in [0.25, 0.3) is 0 Å². The molecule has 0 radical (unpaired) electrons. The Bertz CT molecular complexity index is 1450. The molecule has 60 heavy (non-hydrogen) atoms. The fourth-order valence-corrected chi connectivity index (χ4v) is 6.90. The van der Waals surface area contributed by atoms with Gasteiger partial charge in [-0.1, -0.05) is 6.08 Å². The van der Waals surface area contributed by atoms with Gasteiger partial charge in [0.2, 0.25) is 17.7 Å². The number of carboxylic acids is 3. The molecule has 0 fully saturated rings. The molecule has 0 saturated carbocycles. The summed E-state index contributed by atoms with van der Waals surface area (Å²) >= 11 is 0. The van der Waals surface area contributed by atoms with Gasteiger partial charge in [-0.25, -0.2) is 0 Å². The standard InChI is InChI=1S/C38H65N7O15/c46-22-27(49)17-39-33(52)10-2-7-30(36(55)56)43-13-15-44(31(37(57)58)8-3-11-34(53)40-18-28(50)23-47)20-25-5-1-6-26(42-25)21-45(16-14-43)32(38(59)60)9-4-12-35(54)41-19-29(51)24-48/h5,27-32,46-51H,1-4,6-24H2,(H,39,52)(H,40,53)(H,41,54)(H,55,56)(H,57,58)(H,59,60). The number of nitrogens with zero attached hydrogens (tertiary/aromatic N) is 4. The van der Waals surface area contributed by atoms with E-state index in [4.69, 9.17) is 20.3 Å². The monoisotopic (exact) mass is 859 g/mol. The highest BCUT2D eigenvalue weighted by atomic mass is 16.4. The first kappa shape index (κ1) is 52.0. The first-order valence-corrected chi connectivity index (χ1v) is 20.4. The lowest BCUT2D eigenvalue weighted by molar-refractivity contribution is -0.146. The van der Waals surface area contributed by atoms with Crippen LogP contribution in [-0.2, 0) is 28.8 Å². The van der Waals surface area contributed by atoms with E-state index in [9.17, 15) is 59.4 Å². The van der Waals surface area contributed by atoms with Crippen LogP contribution in [0, 0.1) is 0 Å². The van der Waals surface area contributed by atoms with Gasteiger partial charge >= 0.3 is 17.9 Å². The maximum Gasteiger partial charge on any atom is 0.320 e. The number of carboxylic acid groups (broad SMARTS) is 3. The van der Waals surface area contributed by atoms with Crippen molar-refractivity contribution in [3.8, 4) is 0 Å². The summed E-state index contributed by atoms with van der Waals surface area (Å²) in [7, 11) is 0. The van der Waals surface area contributed by atoms with Crippen molar-refractivity contribution in [3.05, 3.63) is 11.8 Å². The SMILES string of the molecule is O=C(CCCC(C(=O)O)N1CCN(C(CCCC(=O)NCC(O)CO)C(=O)O)CC2=CCCC(=N2)CN(C(CCCC(=O)NCC(O)CO)C(=O)O)CC1)NCC(O)CO. The molecule has 3 amide bonds. The van der Waals surface area contributed by atoms with Crippen LogP contribution in [0.2, 0.25) is 0 Å². The highest BCUT2D eigenvalue weighted by Crippen LogP contribution is 2.21. The summed E-state index contributed by atoms with van der Waals surface area (Å²) in [6.45, 7) is -1.97. The molecule has 2 bridgehead atoms. The van der Waals surface area contributed by atoms with Crippen molar-refractivity contribution in [1.29, 1.82) is 0 Å². The van der Waals surface area contributed by atoms with E-state index in [0.29, 0.717) is 24.3 Å². The Hall–Kier alpha value is -4.13. The summed E-state index contributed by atoms with van der Waals surface area (Å²) in [5.74, 6) is -4.92. The zero-order valence-corrected chi connectivity index (χ0v) is 34.1. The first-order valence-electron chi connectivity index (χ1n) is 20.4. The van der Waals surface area contributed by atoms with Crippen molar-refractivity contribution in [2.24, 2.45) is 4.99 Å². The van der Waals surface area contributed by atoms with Gasteiger partial charge < -0.3 is 61.9 Å². The van der Waals surface area contributed by atoms with Crippen molar-refractivity contribution in [3.63, 3.8) is 0 Å². The second-order valence-corrected chi connectivity index (χ2v) is 15.0. The quantitative estimate of drug-likeness (QED) is 0.0378. The van der Waals surface area contributed by atoms with Gasteiger partial charge in [0.05, 0.1) is 43.8 Å². The maximum absolute atomic E-state index is 12.9. The van der Waals surface area contributed by atoms with Crippen molar-refractivity contribution in [2.45, 2.75) is 107 Å². The topological polar surface area (TPSA) is 343 Å². The molecule has 0 spiro atoms. The van der Waals surface area contributed by atoms with Gasteiger partial charge in [0.1, 0.15) is 18.1 Å². The van der Waals surface area contributed by atoms with Gasteiger partial charge in [-0.05, 0) is 51.4 Å². The van der Waals surface area contributed by atoms with Crippen molar-refractivity contribution < 1.29 is 74.7 Å². The zero-order valence-electron chi connectivity index (χ0n) is 34.1. The van der Waals surface area contributed by atoms with Crippen LogP contribution in [0.1, 0.15) is 70.6 Å². The van der Waals surface area contributed by atoms with Gasteiger partial charge in [0, 0.05) is 83.9 Å². The highest BCUT2D eigenvalue weighted by molar-refractivity contribution is 5.89. The Morgan fingerprint density at radius 1 is 0.567 bits per heavy atom. The number of allylic oxidation sites excluding steroid dienone is 1. The number of carbonyl (C=O) groups is 6. The average Bonchev–Trinajstić information content (AvgIpc) is 3.21. The Morgan fingerprint density at radius 3 is 1.28 bits per heavy atom. The minimum Gasteiger partial charge on any atom is -0.480 e. The molecule has 6 unspecified atom stereocenters. The third-order valence-corrected chi connectivity index (χ3v) is 10.3. The summed E-state index contributed by atoms with van der Waals surface area (Å²) in [4.78, 5) is 85.3. The number of aliphatic carboxylic acids is 3. The van der Waals surface area contributed by atoms with Gasteiger partial charge in [-0.2, -0.15) is 0 Å². The summed E-state index contributed by atoms with van der Waals surface area (Å²) in [5, 5.41) is 94.5. The smallest absolute Gasteiger partial charge is 0.320 e. The largest absolute Gasteiger partial charge is 0.480 e. The number of aliphatic hydroxyl groups is 6. The van der Waals surface area contributed by atoms with Crippen LogP contribution in [-0.4, -0.2) is 217 Å². The molecule has 0 saturated heterocycles. The van der Waals surface area contributed by atoms with E-state index >= 15 is 0 Å². The predicted molar refractivity (Wildman–Crippen MR) is 214 cm³/mol. The van der Waals surface area contributed by atoms with Crippen molar-refractivity contribution in [2.75, 3.05) is 78.7 Å². The molecule has 12 N–H and O–H groups in total. The third kappa shape index (κ3) is 20.0. The van der Waals surface area contributed by atoms with Gasteiger partial charge in [0.15, 0.2) is 0 Å². The Morgan fingerprint density at radius 2 is 0.917 bits per heavy atom. The molecular formula is C38H65N7O15. The van der Waals surface area contributed by atoms with E-state index in [1.807, 2.05) is 6.08 Å². The van der Waals surface area contributed by atoms with Crippen LogP contribution in [0.3, 0.4) is 0 Å². The zero-order chi connectivity index (χ0) is 44.6. The summed E-state index contributed by atoms with van der Waals surface area (Å²) in [6, 6.07) is -3.42. The minimum absolute atomic E-state index is 0.00443. The van der Waals surface area contributed by atoms with Crippen LogP contribution in [0.25, 0.3) is 0 Å². The molecule has 2 heterocycles. The second-order valence-electron chi connectivity index (χ2n) is 15.0. The van der Waals surface area contributed by atoms with E-state index in [1.165, 1.54) is 0 Å². The molecule has 342 valence electrons. The van der Waals surface area contributed by atoms with E-state index < -0.39 is 91.9 Å². The van der Waals surface area contributed by atoms with Crippen LogP contribution in [0.5, 0.6) is 0 Å². The van der Waals surface area contributed by atoms with E-state index in [2.05, 4.69) is 16.0 Å². The molecule has 0 aromatic rings. The molecule has 0 aromatic carbocycles. The highest BCUT2D eigenvalue weighted by Gasteiger charge is 2.33. The van der Waals surface area contributed by atoms with E-state index in [1.54, 1.807) is 14.7 Å². The molecular weight excluding hydrogens is 794 g/mol. The van der Waals surface area contributed by atoms with Crippen molar-refractivity contribution >= 4 is 41.3 Å². The Kier molecular flexibility index (Phi) is 24.6. The lowest BCUT2D eigenvalue weighted by atomic mass is 10.0. The van der Waals surface area contributed by atoms with Gasteiger partial charge in [-0.15, -0.1) is 0 Å². The molecule has 2 aliphatic heterocycles. The van der Waals surface area contributed by atoms with Crippen LogP contribution >= 0.6 is 0 Å². The molecule has 0 aromatic heterocycles. The first-order chi connectivity index (χ1) is 28.6. The molecule has 0 aliphatic carbocycles. The number of hydrogen-bond acceptors (Lipinski definition) is 16. The summed E-state index contributed by atoms with van der Waals surface area (Å²) in [5.41, 5.74) is 1.16. The van der Waals surface area contributed by atoms with E-state index in [0.717, 1.165) is 0 Å². The van der Waals surface area contributed by atoms with Gasteiger partial charge in [-0.3, -0.25) is 48.5 Å². The Balaban J connectivity index is 2.41. The minimum atomic E-state index is -1.22. The lowest BCUT2D eigenvalue weighted by Crippen LogP contribution is -2.53. The number of aliphatic imine (C=N–C) groups is 1. The third-order valence-electron chi connectivity index (χ3n) is 10.3. The normalized spacial score (nSPS) is 18.8. The van der Waals surface area contributed by atoms with Crippen molar-refractivity contribution in [1.82, 2.24) is 30.7 Å². The number of aliphatic hydroxyl groups excluding tert-OH is 6. The number of carbonyl (C=O) groups excluding carboxylic acids is 3. The predicted octanol–water partition coefficient (Wildman–Crippen LogP) is -3.70. The van der Waals surface area contributed by atoms with E-state index in [-0.39, 0.29) is 117 Å². The molecule has 22 heteroatoms. The Labute approximate surface area is 348 Å². The molecule has 22 nitrogen and oxygen atoms in total. The number of nitrogens with one attached hydrogen (secondary N) is 3. The summed E-state index contributed by atoms with van der Waals surface area (Å²) in [6.07, 6.45) is -0.302. The molecule has 2 aliphatic rings. The average molecular weight is 860 g/mol. The maximum atomic E-state index is 12.9. The number of rotatable bonds is 27. The number of amides is 3. The number of fused-ring (bicyclic) bond motifs is 1. The fraction of sp³-hybridized carbons (Fsp3) is 0.763. The van der Waals surface area contributed by atoms with Crippen LogP contribution in [0.15, 0.2) is 16.8 Å². The number of hydrogen-bond donors (Lipinski definition) is 12. The van der Waals surface area contributed by atoms with Crippen LogP contribution < -0.4 is 16.0 Å². The fourth-order valence-electron chi connectivity index (χ4n) is 6.90. The second kappa shape index (κ2) is 28.4. The molecule has 2 rings (SSSR count). The summed E-state index contributed by atoms with van der Waals surface area (Å²) < 4.78 is 0.